The minimum atomic E-state index is 0.215. The molecule has 108 valence electrons. The Balaban J connectivity index is 1.60. The Morgan fingerprint density at radius 3 is 2.68 bits per heavy atom. The zero-order valence-electron chi connectivity index (χ0n) is 11.8. The summed E-state index contributed by atoms with van der Waals surface area (Å²) in [7, 11) is 0. The maximum absolute atomic E-state index is 12.1. The summed E-state index contributed by atoms with van der Waals surface area (Å²) in [6.45, 7) is 3.32. The number of nitrogens with one attached hydrogen (secondary N) is 1. The summed E-state index contributed by atoms with van der Waals surface area (Å²) in [4.78, 5) is 14.2. The van der Waals surface area contributed by atoms with E-state index >= 15 is 0 Å². The van der Waals surface area contributed by atoms with Gasteiger partial charge in [0.2, 0.25) is 5.91 Å². The fraction of sp³-hybridized carbons (Fsp3) is 0.933. The Hall–Kier alpha value is -0.610. The Kier molecular flexibility index (Phi) is 4.38. The van der Waals surface area contributed by atoms with Crippen LogP contribution in [-0.2, 0) is 9.53 Å². The highest BCUT2D eigenvalue weighted by atomic mass is 16.5. The zero-order chi connectivity index (χ0) is 13.1. The topological polar surface area (TPSA) is 41.6 Å². The van der Waals surface area contributed by atoms with Gasteiger partial charge in [0.05, 0.1) is 6.10 Å². The number of piperidine rings is 1. The highest BCUT2D eigenvalue weighted by Gasteiger charge is 2.35. The van der Waals surface area contributed by atoms with Crippen molar-refractivity contribution < 1.29 is 9.53 Å². The highest BCUT2D eigenvalue weighted by Crippen LogP contribution is 2.27. The summed E-state index contributed by atoms with van der Waals surface area (Å²) in [5, 5.41) is 3.45. The standard InChI is InChI=1S/C15H26N2O2/c18-15-11-19-14(12-5-4-8-16-9-12)10-17(15)13-6-2-1-3-7-13/h12-14,16H,1-11H2. The van der Waals surface area contributed by atoms with E-state index in [-0.39, 0.29) is 12.0 Å². The van der Waals surface area contributed by atoms with Crippen LogP contribution in [0.4, 0.5) is 0 Å². The molecule has 4 heteroatoms. The van der Waals surface area contributed by atoms with E-state index in [1.807, 2.05) is 0 Å². The van der Waals surface area contributed by atoms with Crippen molar-refractivity contribution in [1.82, 2.24) is 10.2 Å². The molecule has 3 rings (SSSR count). The maximum atomic E-state index is 12.1. The Morgan fingerprint density at radius 2 is 1.95 bits per heavy atom. The molecule has 0 bridgehead atoms. The molecule has 1 saturated carbocycles. The lowest BCUT2D eigenvalue weighted by Gasteiger charge is -2.42. The summed E-state index contributed by atoms with van der Waals surface area (Å²) in [6.07, 6.45) is 9.03. The molecule has 2 atom stereocenters. The monoisotopic (exact) mass is 266 g/mol. The number of hydrogen-bond acceptors (Lipinski definition) is 3. The van der Waals surface area contributed by atoms with Crippen LogP contribution in [0.15, 0.2) is 0 Å². The van der Waals surface area contributed by atoms with E-state index in [4.69, 9.17) is 4.74 Å². The van der Waals surface area contributed by atoms with E-state index in [9.17, 15) is 4.79 Å². The van der Waals surface area contributed by atoms with Crippen LogP contribution in [-0.4, -0.2) is 49.2 Å². The van der Waals surface area contributed by atoms with Crippen LogP contribution >= 0.6 is 0 Å². The van der Waals surface area contributed by atoms with Gasteiger partial charge in [0, 0.05) is 19.1 Å². The van der Waals surface area contributed by atoms with Crippen molar-refractivity contribution in [3.63, 3.8) is 0 Å². The summed E-state index contributed by atoms with van der Waals surface area (Å²) in [5.41, 5.74) is 0. The number of carbonyl (C=O) groups is 1. The quantitative estimate of drug-likeness (QED) is 0.824. The van der Waals surface area contributed by atoms with Crippen LogP contribution in [0.2, 0.25) is 0 Å². The molecule has 2 unspecified atom stereocenters. The number of morpholine rings is 1. The first kappa shape index (κ1) is 13.4. The predicted molar refractivity (Wildman–Crippen MR) is 73.9 cm³/mol. The van der Waals surface area contributed by atoms with E-state index in [0.29, 0.717) is 18.6 Å². The Labute approximate surface area is 115 Å². The lowest BCUT2D eigenvalue weighted by molar-refractivity contribution is -0.157. The second kappa shape index (κ2) is 6.23. The molecule has 4 nitrogen and oxygen atoms in total. The fourth-order valence-corrected chi connectivity index (χ4v) is 3.84. The fourth-order valence-electron chi connectivity index (χ4n) is 3.84. The molecule has 1 amide bonds. The number of amides is 1. The van der Waals surface area contributed by atoms with Crippen LogP contribution < -0.4 is 5.32 Å². The van der Waals surface area contributed by atoms with Crippen molar-refractivity contribution >= 4 is 5.91 Å². The minimum Gasteiger partial charge on any atom is -0.366 e. The van der Waals surface area contributed by atoms with Gasteiger partial charge in [0.15, 0.2) is 0 Å². The molecule has 0 aromatic rings. The molecule has 0 radical (unpaired) electrons. The maximum Gasteiger partial charge on any atom is 0.248 e. The van der Waals surface area contributed by atoms with Crippen LogP contribution in [0.3, 0.4) is 0 Å². The first-order valence-corrected chi connectivity index (χ1v) is 7.96. The second-order valence-electron chi connectivity index (χ2n) is 6.29. The van der Waals surface area contributed by atoms with Gasteiger partial charge in [-0.15, -0.1) is 0 Å². The smallest absolute Gasteiger partial charge is 0.248 e. The largest absolute Gasteiger partial charge is 0.366 e. The SMILES string of the molecule is O=C1COC(C2CCCNC2)CN1C1CCCCC1. The van der Waals surface area contributed by atoms with Crippen molar-refractivity contribution in [3.8, 4) is 0 Å². The molecule has 2 heterocycles. The molecule has 1 aliphatic carbocycles. The van der Waals surface area contributed by atoms with Crippen LogP contribution in [0.1, 0.15) is 44.9 Å². The molecule has 1 N–H and O–H groups in total. The van der Waals surface area contributed by atoms with Crippen molar-refractivity contribution in [2.75, 3.05) is 26.2 Å². The van der Waals surface area contributed by atoms with Gasteiger partial charge in [-0.3, -0.25) is 4.79 Å². The van der Waals surface area contributed by atoms with Gasteiger partial charge >= 0.3 is 0 Å². The first-order valence-electron chi connectivity index (χ1n) is 7.96. The number of hydrogen-bond donors (Lipinski definition) is 1. The molecule has 3 aliphatic rings. The van der Waals surface area contributed by atoms with Crippen molar-refractivity contribution in [3.05, 3.63) is 0 Å². The Morgan fingerprint density at radius 1 is 1.11 bits per heavy atom. The third-order valence-corrected chi connectivity index (χ3v) is 4.99. The second-order valence-corrected chi connectivity index (χ2v) is 6.29. The highest BCUT2D eigenvalue weighted by molar-refractivity contribution is 5.78. The number of carbonyl (C=O) groups excluding carboxylic acids is 1. The van der Waals surface area contributed by atoms with Crippen LogP contribution in [0.5, 0.6) is 0 Å². The van der Waals surface area contributed by atoms with Crippen molar-refractivity contribution in [2.45, 2.75) is 57.1 Å². The van der Waals surface area contributed by atoms with Crippen LogP contribution in [0, 0.1) is 5.92 Å². The van der Waals surface area contributed by atoms with Crippen LogP contribution in [0.25, 0.3) is 0 Å². The van der Waals surface area contributed by atoms with Gasteiger partial charge in [0.1, 0.15) is 6.61 Å². The van der Waals surface area contributed by atoms with E-state index in [0.717, 1.165) is 19.6 Å². The van der Waals surface area contributed by atoms with E-state index in [1.54, 1.807) is 0 Å². The number of ether oxygens (including phenoxy) is 1. The molecule has 0 aromatic heterocycles. The summed E-state index contributed by atoms with van der Waals surface area (Å²) < 4.78 is 5.82. The normalized spacial score (nSPS) is 34.5. The van der Waals surface area contributed by atoms with Crippen molar-refractivity contribution in [2.24, 2.45) is 5.92 Å². The lowest BCUT2D eigenvalue weighted by Crippen LogP contribution is -2.55. The Bertz CT molecular complexity index is 309. The molecule has 0 spiro atoms. The first-order chi connectivity index (χ1) is 9.34. The van der Waals surface area contributed by atoms with Gasteiger partial charge in [0.25, 0.3) is 0 Å². The average Bonchev–Trinajstić information content (AvgIpc) is 2.49. The zero-order valence-corrected chi connectivity index (χ0v) is 11.8. The van der Waals surface area contributed by atoms with Gasteiger partial charge < -0.3 is 15.0 Å². The van der Waals surface area contributed by atoms with E-state index in [1.165, 1.54) is 44.9 Å². The molecular weight excluding hydrogens is 240 g/mol. The molecule has 3 fully saturated rings. The molecule has 19 heavy (non-hydrogen) atoms. The lowest BCUT2D eigenvalue weighted by atomic mass is 9.90. The van der Waals surface area contributed by atoms with E-state index in [2.05, 4.69) is 10.2 Å². The van der Waals surface area contributed by atoms with Gasteiger partial charge in [-0.25, -0.2) is 0 Å². The molecule has 2 aliphatic heterocycles. The average molecular weight is 266 g/mol. The minimum absolute atomic E-state index is 0.215. The summed E-state index contributed by atoms with van der Waals surface area (Å²) in [6, 6.07) is 0.490. The number of rotatable bonds is 2. The summed E-state index contributed by atoms with van der Waals surface area (Å²) >= 11 is 0. The van der Waals surface area contributed by atoms with Gasteiger partial charge in [-0.2, -0.15) is 0 Å². The molecular formula is C15H26N2O2. The predicted octanol–water partition coefficient (Wildman–Crippen LogP) is 1.55. The molecule has 0 aromatic carbocycles. The molecule has 2 saturated heterocycles. The van der Waals surface area contributed by atoms with E-state index < -0.39 is 0 Å². The van der Waals surface area contributed by atoms with Gasteiger partial charge in [-0.05, 0) is 38.1 Å². The third kappa shape index (κ3) is 3.11. The number of nitrogens with zero attached hydrogens (tertiary/aromatic N) is 1. The summed E-state index contributed by atoms with van der Waals surface area (Å²) in [5.74, 6) is 0.805. The van der Waals surface area contributed by atoms with Crippen molar-refractivity contribution in [1.29, 1.82) is 0 Å². The van der Waals surface area contributed by atoms with Gasteiger partial charge in [-0.1, -0.05) is 19.3 Å². The third-order valence-electron chi connectivity index (χ3n) is 4.99.